The van der Waals surface area contributed by atoms with Crippen LogP contribution in [0, 0.1) is 5.82 Å². The van der Waals surface area contributed by atoms with Crippen LogP contribution in [0.4, 0.5) is 4.39 Å². The Balaban J connectivity index is 2.10. The summed E-state index contributed by atoms with van der Waals surface area (Å²) in [5.41, 5.74) is 2.04. The van der Waals surface area contributed by atoms with Crippen molar-refractivity contribution in [2.45, 2.75) is 45.4 Å². The number of aliphatic hydroxyl groups excluding tert-OH is 1. The van der Waals surface area contributed by atoms with Crippen LogP contribution >= 0.6 is 0 Å². The average molecular weight is 264 g/mol. The molecule has 3 nitrogen and oxygen atoms in total. The molecule has 1 aromatic heterocycles. The number of halogens is 1. The van der Waals surface area contributed by atoms with Crippen molar-refractivity contribution in [1.82, 2.24) is 10.3 Å². The van der Waals surface area contributed by atoms with Crippen molar-refractivity contribution in [3.05, 3.63) is 35.8 Å². The number of H-pyrrole nitrogens is 1. The molecule has 0 aliphatic carbocycles. The Kier molecular flexibility index (Phi) is 4.22. The normalized spacial score (nSPS) is 16.5. The van der Waals surface area contributed by atoms with Gasteiger partial charge in [0.1, 0.15) is 5.82 Å². The number of benzene rings is 1. The van der Waals surface area contributed by atoms with E-state index in [4.69, 9.17) is 0 Å². The van der Waals surface area contributed by atoms with E-state index in [0.717, 1.165) is 22.9 Å². The lowest BCUT2D eigenvalue weighted by Gasteiger charge is -2.22. The van der Waals surface area contributed by atoms with E-state index in [2.05, 4.69) is 17.2 Å². The lowest BCUT2D eigenvalue weighted by atomic mass is 10.0. The molecule has 0 aliphatic rings. The van der Waals surface area contributed by atoms with Gasteiger partial charge in [-0.2, -0.15) is 0 Å². The van der Waals surface area contributed by atoms with Gasteiger partial charge in [-0.1, -0.05) is 0 Å². The largest absolute Gasteiger partial charge is 0.392 e. The quantitative estimate of drug-likeness (QED) is 0.777. The molecule has 0 saturated heterocycles. The molecule has 0 saturated carbocycles. The van der Waals surface area contributed by atoms with Gasteiger partial charge >= 0.3 is 0 Å². The molecule has 104 valence electrons. The predicted molar refractivity (Wildman–Crippen MR) is 75.7 cm³/mol. The summed E-state index contributed by atoms with van der Waals surface area (Å²) in [6.07, 6.45) is 2.33. The van der Waals surface area contributed by atoms with Crippen molar-refractivity contribution in [2.75, 3.05) is 0 Å². The Morgan fingerprint density at radius 3 is 2.74 bits per heavy atom. The van der Waals surface area contributed by atoms with Crippen molar-refractivity contribution in [2.24, 2.45) is 0 Å². The second-order valence-electron chi connectivity index (χ2n) is 5.30. The molecule has 3 N–H and O–H groups in total. The molecule has 2 aromatic rings. The van der Waals surface area contributed by atoms with E-state index in [9.17, 15) is 9.50 Å². The van der Waals surface area contributed by atoms with Crippen molar-refractivity contribution in [3.63, 3.8) is 0 Å². The zero-order valence-corrected chi connectivity index (χ0v) is 11.6. The second kappa shape index (κ2) is 5.72. The van der Waals surface area contributed by atoms with Gasteiger partial charge in [0.25, 0.3) is 0 Å². The smallest absolute Gasteiger partial charge is 0.123 e. The summed E-state index contributed by atoms with van der Waals surface area (Å²) in [5, 5.41) is 13.8. The molecule has 1 aromatic carbocycles. The van der Waals surface area contributed by atoms with Crippen molar-refractivity contribution in [3.8, 4) is 0 Å². The van der Waals surface area contributed by atoms with Gasteiger partial charge in [0.15, 0.2) is 0 Å². The zero-order chi connectivity index (χ0) is 14.0. The third-order valence-corrected chi connectivity index (χ3v) is 3.53. The molecule has 4 heteroatoms. The standard InChI is InChI=1S/C15H21FN2O/c1-9(18-10(2)11(3)19)6-12-8-17-15-5-4-13(16)7-14(12)15/h4-5,7-11,17-19H,6H2,1-3H3. The summed E-state index contributed by atoms with van der Waals surface area (Å²) in [6.45, 7) is 5.79. The number of aliphatic hydroxyl groups is 1. The third kappa shape index (κ3) is 3.33. The van der Waals surface area contributed by atoms with E-state index >= 15 is 0 Å². The van der Waals surface area contributed by atoms with Crippen LogP contribution in [-0.2, 0) is 6.42 Å². The molecular weight excluding hydrogens is 243 g/mol. The molecule has 0 bridgehead atoms. The second-order valence-corrected chi connectivity index (χ2v) is 5.30. The van der Waals surface area contributed by atoms with Crippen LogP contribution in [0.3, 0.4) is 0 Å². The first-order valence-electron chi connectivity index (χ1n) is 6.67. The topological polar surface area (TPSA) is 48.0 Å². The van der Waals surface area contributed by atoms with Crippen LogP contribution in [-0.4, -0.2) is 28.3 Å². The van der Waals surface area contributed by atoms with Crippen LogP contribution in [0.2, 0.25) is 0 Å². The lowest BCUT2D eigenvalue weighted by molar-refractivity contribution is 0.147. The van der Waals surface area contributed by atoms with E-state index in [-0.39, 0.29) is 24.0 Å². The third-order valence-electron chi connectivity index (χ3n) is 3.53. The summed E-state index contributed by atoms with van der Waals surface area (Å²) in [5.74, 6) is -0.216. The fourth-order valence-corrected chi connectivity index (χ4v) is 2.30. The van der Waals surface area contributed by atoms with Crippen LogP contribution in [0.5, 0.6) is 0 Å². The minimum absolute atomic E-state index is 0.0388. The van der Waals surface area contributed by atoms with Crippen LogP contribution in [0.25, 0.3) is 10.9 Å². The minimum atomic E-state index is -0.386. The van der Waals surface area contributed by atoms with Crippen molar-refractivity contribution in [1.29, 1.82) is 0 Å². The van der Waals surface area contributed by atoms with Crippen molar-refractivity contribution >= 4 is 10.9 Å². The Bertz CT molecular complexity index is 550. The number of hydrogen-bond acceptors (Lipinski definition) is 2. The Morgan fingerprint density at radius 2 is 2.05 bits per heavy atom. The van der Waals surface area contributed by atoms with Gasteiger partial charge in [-0.3, -0.25) is 0 Å². The molecule has 0 fully saturated rings. The number of aromatic nitrogens is 1. The van der Waals surface area contributed by atoms with Crippen molar-refractivity contribution < 1.29 is 9.50 Å². The maximum atomic E-state index is 13.3. The number of fused-ring (bicyclic) bond motifs is 1. The molecule has 3 unspecified atom stereocenters. The molecular formula is C15H21FN2O. The van der Waals surface area contributed by atoms with E-state index < -0.39 is 0 Å². The summed E-state index contributed by atoms with van der Waals surface area (Å²) in [7, 11) is 0. The summed E-state index contributed by atoms with van der Waals surface area (Å²) < 4.78 is 13.3. The van der Waals surface area contributed by atoms with Gasteiger partial charge in [-0.05, 0) is 51.0 Å². The Hall–Kier alpha value is -1.39. The monoisotopic (exact) mass is 264 g/mol. The fourth-order valence-electron chi connectivity index (χ4n) is 2.30. The van der Waals surface area contributed by atoms with Gasteiger partial charge in [-0.25, -0.2) is 4.39 Å². The van der Waals surface area contributed by atoms with Gasteiger partial charge in [0.05, 0.1) is 6.10 Å². The molecule has 0 amide bonds. The first kappa shape index (κ1) is 14.0. The Labute approximate surface area is 112 Å². The number of aromatic amines is 1. The molecule has 1 heterocycles. The maximum absolute atomic E-state index is 13.3. The summed E-state index contributed by atoms with van der Waals surface area (Å²) in [6, 6.07) is 5.03. The summed E-state index contributed by atoms with van der Waals surface area (Å²) in [4.78, 5) is 3.15. The van der Waals surface area contributed by atoms with Crippen LogP contribution < -0.4 is 5.32 Å². The zero-order valence-electron chi connectivity index (χ0n) is 11.6. The van der Waals surface area contributed by atoms with Gasteiger partial charge in [-0.15, -0.1) is 0 Å². The molecule has 0 aliphatic heterocycles. The van der Waals surface area contributed by atoms with E-state index in [1.807, 2.05) is 13.1 Å². The van der Waals surface area contributed by atoms with Crippen LogP contribution in [0.1, 0.15) is 26.3 Å². The van der Waals surface area contributed by atoms with Gasteiger partial charge < -0.3 is 15.4 Å². The first-order valence-corrected chi connectivity index (χ1v) is 6.67. The molecule has 0 spiro atoms. The van der Waals surface area contributed by atoms with E-state index in [1.165, 1.54) is 6.07 Å². The van der Waals surface area contributed by atoms with Crippen LogP contribution in [0.15, 0.2) is 24.4 Å². The summed E-state index contributed by atoms with van der Waals surface area (Å²) >= 11 is 0. The number of rotatable bonds is 5. The highest BCUT2D eigenvalue weighted by atomic mass is 19.1. The number of hydrogen-bond donors (Lipinski definition) is 3. The highest BCUT2D eigenvalue weighted by molar-refractivity contribution is 5.83. The minimum Gasteiger partial charge on any atom is -0.392 e. The maximum Gasteiger partial charge on any atom is 0.123 e. The van der Waals surface area contributed by atoms with Gasteiger partial charge in [0, 0.05) is 29.2 Å². The molecule has 0 radical (unpaired) electrons. The highest BCUT2D eigenvalue weighted by Crippen LogP contribution is 2.20. The fraction of sp³-hybridized carbons (Fsp3) is 0.467. The number of nitrogens with one attached hydrogen (secondary N) is 2. The molecule has 19 heavy (non-hydrogen) atoms. The SMILES string of the molecule is CC(Cc1c[nH]c2ccc(F)cc12)NC(C)C(C)O. The lowest BCUT2D eigenvalue weighted by Crippen LogP contribution is -2.41. The average Bonchev–Trinajstić information content (AvgIpc) is 2.71. The molecule has 3 atom stereocenters. The Morgan fingerprint density at radius 1 is 1.32 bits per heavy atom. The highest BCUT2D eigenvalue weighted by Gasteiger charge is 2.14. The van der Waals surface area contributed by atoms with Gasteiger partial charge in [0.2, 0.25) is 0 Å². The predicted octanol–water partition coefficient (Wildman–Crippen LogP) is 2.60. The van der Waals surface area contributed by atoms with E-state index in [0.29, 0.717) is 0 Å². The first-order chi connectivity index (χ1) is 8.97. The van der Waals surface area contributed by atoms with E-state index in [1.54, 1.807) is 19.1 Å². The molecule has 2 rings (SSSR count).